The Labute approximate surface area is 137 Å². The zero-order valence-electron chi connectivity index (χ0n) is 12.9. The molecule has 0 saturated carbocycles. The molecular weight excluding hydrogens is 314 g/mol. The summed E-state index contributed by atoms with van der Waals surface area (Å²) in [5.41, 5.74) is 2.75. The van der Waals surface area contributed by atoms with Crippen molar-refractivity contribution >= 4 is 32.6 Å². The second kappa shape index (κ2) is 6.21. The number of pyridine rings is 1. The first-order chi connectivity index (χ1) is 11.1. The molecule has 1 amide bonds. The molecule has 0 radical (unpaired) electrons. The fourth-order valence-corrected chi connectivity index (χ4v) is 3.15. The van der Waals surface area contributed by atoms with Gasteiger partial charge < -0.3 is 14.8 Å². The van der Waals surface area contributed by atoms with Crippen LogP contribution in [-0.2, 0) is 4.79 Å². The first-order valence-electron chi connectivity index (χ1n) is 6.87. The normalized spacial score (nSPS) is 10.6. The predicted molar refractivity (Wildman–Crippen MR) is 90.3 cm³/mol. The Kier molecular flexibility index (Phi) is 4.12. The second-order valence-electron chi connectivity index (χ2n) is 4.82. The summed E-state index contributed by atoms with van der Waals surface area (Å²) in [6.07, 6.45) is 1.73. The molecule has 0 aliphatic rings. The van der Waals surface area contributed by atoms with Crippen molar-refractivity contribution in [2.45, 2.75) is 6.92 Å². The summed E-state index contributed by atoms with van der Waals surface area (Å²) in [5, 5.41) is 3.30. The average molecular weight is 329 g/mol. The number of thiazole rings is 1. The minimum absolute atomic E-state index is 0.131. The van der Waals surface area contributed by atoms with Crippen LogP contribution < -0.4 is 14.8 Å². The molecule has 0 fully saturated rings. The summed E-state index contributed by atoms with van der Waals surface area (Å²) in [5.74, 6) is 0.893. The largest absolute Gasteiger partial charge is 0.491 e. The molecule has 2 aromatic heterocycles. The molecular formula is C16H15N3O3S. The van der Waals surface area contributed by atoms with Crippen LogP contribution in [0, 0.1) is 0 Å². The van der Waals surface area contributed by atoms with Gasteiger partial charge in [-0.05, 0) is 23.8 Å². The Bertz CT molecular complexity index is 876. The molecule has 0 atom stereocenters. The van der Waals surface area contributed by atoms with E-state index in [-0.39, 0.29) is 5.91 Å². The first kappa shape index (κ1) is 15.2. The number of nitrogens with one attached hydrogen (secondary N) is 1. The van der Waals surface area contributed by atoms with Gasteiger partial charge in [-0.15, -0.1) is 0 Å². The van der Waals surface area contributed by atoms with Gasteiger partial charge in [0.25, 0.3) is 5.88 Å². The SMILES string of the molecule is COc1cc(-c2ccc3nc(NC(C)=O)sc3c2)cnc1OC. The molecule has 1 N–H and O–H groups in total. The van der Waals surface area contributed by atoms with Gasteiger partial charge in [0, 0.05) is 18.7 Å². The number of hydrogen-bond donors (Lipinski definition) is 1. The van der Waals surface area contributed by atoms with Gasteiger partial charge in [0.1, 0.15) is 0 Å². The van der Waals surface area contributed by atoms with Gasteiger partial charge in [-0.3, -0.25) is 4.79 Å². The lowest BCUT2D eigenvalue weighted by Crippen LogP contribution is -2.04. The number of rotatable bonds is 4. The van der Waals surface area contributed by atoms with E-state index in [1.807, 2.05) is 24.3 Å². The van der Waals surface area contributed by atoms with Gasteiger partial charge >= 0.3 is 0 Å². The highest BCUT2D eigenvalue weighted by atomic mass is 32.1. The summed E-state index contributed by atoms with van der Waals surface area (Å²) in [4.78, 5) is 19.8. The molecule has 0 saturated heterocycles. The van der Waals surface area contributed by atoms with Crippen LogP contribution >= 0.6 is 11.3 Å². The maximum absolute atomic E-state index is 11.1. The number of carbonyl (C=O) groups is 1. The molecule has 23 heavy (non-hydrogen) atoms. The molecule has 118 valence electrons. The van der Waals surface area contributed by atoms with Gasteiger partial charge in [0.2, 0.25) is 5.91 Å². The Morgan fingerprint density at radius 2 is 2.00 bits per heavy atom. The number of carbonyl (C=O) groups excluding carboxylic acids is 1. The molecule has 2 heterocycles. The molecule has 0 bridgehead atoms. The third kappa shape index (κ3) is 3.09. The Morgan fingerprint density at radius 3 is 2.70 bits per heavy atom. The van der Waals surface area contributed by atoms with Crippen LogP contribution in [0.2, 0.25) is 0 Å². The summed E-state index contributed by atoms with van der Waals surface area (Å²) in [6, 6.07) is 7.77. The van der Waals surface area contributed by atoms with Crippen LogP contribution in [-0.4, -0.2) is 30.1 Å². The topological polar surface area (TPSA) is 73.3 Å². The summed E-state index contributed by atoms with van der Waals surface area (Å²) < 4.78 is 11.4. The van der Waals surface area contributed by atoms with Crippen molar-refractivity contribution in [2.75, 3.05) is 19.5 Å². The maximum atomic E-state index is 11.1. The van der Waals surface area contributed by atoms with Crippen molar-refractivity contribution in [3.63, 3.8) is 0 Å². The molecule has 3 aromatic rings. The van der Waals surface area contributed by atoms with E-state index in [9.17, 15) is 4.79 Å². The standard InChI is InChI=1S/C16H15N3O3S/c1-9(20)18-16-19-12-5-4-10(7-14(12)23-16)11-6-13(21-2)15(22-3)17-8-11/h4-8H,1-3H3,(H,18,19,20). The number of hydrogen-bond acceptors (Lipinski definition) is 6. The summed E-state index contributed by atoms with van der Waals surface area (Å²) in [6.45, 7) is 1.47. The average Bonchev–Trinajstić information content (AvgIpc) is 2.94. The Balaban J connectivity index is 2.01. The van der Waals surface area contributed by atoms with E-state index in [0.717, 1.165) is 21.3 Å². The molecule has 7 heteroatoms. The number of ether oxygens (including phenoxy) is 2. The van der Waals surface area contributed by atoms with Crippen molar-refractivity contribution < 1.29 is 14.3 Å². The van der Waals surface area contributed by atoms with Gasteiger partial charge in [0.15, 0.2) is 10.9 Å². The number of aromatic nitrogens is 2. The third-order valence-corrected chi connectivity index (χ3v) is 4.17. The van der Waals surface area contributed by atoms with E-state index in [2.05, 4.69) is 15.3 Å². The Hall–Kier alpha value is -2.67. The van der Waals surface area contributed by atoms with Gasteiger partial charge in [-0.25, -0.2) is 9.97 Å². The van der Waals surface area contributed by atoms with Crippen LogP contribution in [0.4, 0.5) is 5.13 Å². The number of amides is 1. The number of methoxy groups -OCH3 is 2. The van der Waals surface area contributed by atoms with E-state index in [4.69, 9.17) is 9.47 Å². The van der Waals surface area contributed by atoms with Crippen molar-refractivity contribution in [3.05, 3.63) is 30.5 Å². The minimum Gasteiger partial charge on any atom is -0.491 e. The van der Waals surface area contributed by atoms with Gasteiger partial charge in [-0.2, -0.15) is 0 Å². The van der Waals surface area contributed by atoms with Crippen LogP contribution in [0.25, 0.3) is 21.3 Å². The van der Waals surface area contributed by atoms with Crippen LogP contribution in [0.1, 0.15) is 6.92 Å². The summed E-state index contributed by atoms with van der Waals surface area (Å²) >= 11 is 1.43. The van der Waals surface area contributed by atoms with Crippen molar-refractivity contribution in [1.82, 2.24) is 9.97 Å². The highest BCUT2D eigenvalue weighted by molar-refractivity contribution is 7.22. The van der Waals surface area contributed by atoms with Crippen LogP contribution in [0.3, 0.4) is 0 Å². The van der Waals surface area contributed by atoms with E-state index >= 15 is 0 Å². The zero-order chi connectivity index (χ0) is 16.4. The monoisotopic (exact) mass is 329 g/mol. The Morgan fingerprint density at radius 1 is 1.17 bits per heavy atom. The number of benzene rings is 1. The van der Waals surface area contributed by atoms with Crippen molar-refractivity contribution in [3.8, 4) is 22.8 Å². The lowest BCUT2D eigenvalue weighted by molar-refractivity contribution is -0.114. The lowest BCUT2D eigenvalue weighted by Gasteiger charge is -2.08. The molecule has 6 nitrogen and oxygen atoms in total. The number of fused-ring (bicyclic) bond motifs is 1. The van der Waals surface area contributed by atoms with Crippen LogP contribution in [0.15, 0.2) is 30.5 Å². The van der Waals surface area contributed by atoms with Crippen molar-refractivity contribution in [2.24, 2.45) is 0 Å². The molecule has 0 aliphatic carbocycles. The van der Waals surface area contributed by atoms with E-state index in [0.29, 0.717) is 16.8 Å². The highest BCUT2D eigenvalue weighted by Gasteiger charge is 2.10. The molecule has 3 rings (SSSR count). The molecule has 0 aliphatic heterocycles. The quantitative estimate of drug-likeness (QED) is 0.795. The maximum Gasteiger partial charge on any atom is 0.256 e. The molecule has 0 unspecified atom stereocenters. The van der Waals surface area contributed by atoms with E-state index < -0.39 is 0 Å². The van der Waals surface area contributed by atoms with E-state index in [1.165, 1.54) is 18.3 Å². The summed E-state index contributed by atoms with van der Waals surface area (Å²) in [7, 11) is 3.13. The predicted octanol–water partition coefficient (Wildman–Crippen LogP) is 3.33. The fraction of sp³-hybridized carbons (Fsp3) is 0.188. The zero-order valence-corrected chi connectivity index (χ0v) is 13.7. The van der Waals surface area contributed by atoms with Crippen molar-refractivity contribution in [1.29, 1.82) is 0 Å². The number of anilines is 1. The highest BCUT2D eigenvalue weighted by Crippen LogP contribution is 2.33. The van der Waals surface area contributed by atoms with E-state index in [1.54, 1.807) is 20.4 Å². The minimum atomic E-state index is -0.131. The van der Waals surface area contributed by atoms with Gasteiger partial charge in [-0.1, -0.05) is 17.4 Å². The second-order valence-corrected chi connectivity index (χ2v) is 5.85. The molecule has 0 spiro atoms. The van der Waals surface area contributed by atoms with Crippen LogP contribution in [0.5, 0.6) is 11.6 Å². The first-order valence-corrected chi connectivity index (χ1v) is 7.69. The third-order valence-electron chi connectivity index (χ3n) is 3.24. The lowest BCUT2D eigenvalue weighted by atomic mass is 10.1. The number of nitrogens with zero attached hydrogens (tertiary/aromatic N) is 2. The fourth-order valence-electron chi connectivity index (χ4n) is 2.20. The van der Waals surface area contributed by atoms with Gasteiger partial charge in [0.05, 0.1) is 24.4 Å². The smallest absolute Gasteiger partial charge is 0.256 e. The molecule has 1 aromatic carbocycles.